The van der Waals surface area contributed by atoms with Crippen LogP contribution in [0.4, 0.5) is 0 Å². The molecule has 0 aromatic rings. The molecule has 0 aromatic heterocycles. The number of amides is 1. The van der Waals surface area contributed by atoms with Gasteiger partial charge in [0.05, 0.1) is 12.5 Å². The molecule has 0 radical (unpaired) electrons. The van der Waals surface area contributed by atoms with Gasteiger partial charge in [-0.3, -0.25) is 4.79 Å². The molecule has 1 rings (SSSR count). The van der Waals surface area contributed by atoms with Crippen molar-refractivity contribution >= 4 is 5.91 Å². The van der Waals surface area contributed by atoms with Crippen LogP contribution in [0.2, 0.25) is 0 Å². The van der Waals surface area contributed by atoms with Crippen molar-refractivity contribution in [1.82, 2.24) is 5.32 Å². The highest BCUT2D eigenvalue weighted by atomic mass is 16.5. The molecule has 1 aliphatic rings. The molecule has 2 atom stereocenters. The van der Waals surface area contributed by atoms with Crippen LogP contribution in [-0.4, -0.2) is 37.4 Å². The van der Waals surface area contributed by atoms with Crippen molar-refractivity contribution in [3.05, 3.63) is 0 Å². The van der Waals surface area contributed by atoms with E-state index >= 15 is 0 Å². The van der Waals surface area contributed by atoms with Crippen LogP contribution in [0.1, 0.15) is 19.8 Å². The minimum absolute atomic E-state index is 0.0383. The largest absolute Gasteiger partial charge is 0.396 e. The van der Waals surface area contributed by atoms with Gasteiger partial charge in [-0.1, -0.05) is 6.92 Å². The molecule has 4 heteroatoms. The Bertz CT molecular complexity index is 178. The number of rotatable bonds is 5. The lowest BCUT2D eigenvalue weighted by atomic mass is 10.1. The predicted octanol–water partition coefficient (Wildman–Crippen LogP) is 0.158. The number of carbonyl (C=O) groups excluding carboxylic acids is 1. The summed E-state index contributed by atoms with van der Waals surface area (Å²) >= 11 is 0. The summed E-state index contributed by atoms with van der Waals surface area (Å²) in [6.07, 6.45) is 1.57. The van der Waals surface area contributed by atoms with Gasteiger partial charge in [-0.05, 0) is 18.8 Å². The third kappa shape index (κ3) is 3.64. The Kier molecular flexibility index (Phi) is 4.90. The maximum absolute atomic E-state index is 11.5. The van der Waals surface area contributed by atoms with Crippen LogP contribution in [0.5, 0.6) is 0 Å². The summed E-state index contributed by atoms with van der Waals surface area (Å²) < 4.78 is 5.13. The van der Waals surface area contributed by atoms with Crippen molar-refractivity contribution in [2.45, 2.75) is 19.8 Å². The van der Waals surface area contributed by atoms with Crippen LogP contribution in [-0.2, 0) is 9.53 Å². The molecule has 2 unspecified atom stereocenters. The zero-order chi connectivity index (χ0) is 10.4. The fourth-order valence-electron chi connectivity index (χ4n) is 1.48. The standard InChI is InChI=1S/C10H19NO3/c1-8(2-4-12)6-11-10(13)9-3-5-14-7-9/h8-9,12H,2-7H2,1H3,(H,11,13). The fraction of sp³-hybridized carbons (Fsp3) is 0.900. The lowest BCUT2D eigenvalue weighted by molar-refractivity contribution is -0.125. The third-order valence-corrected chi connectivity index (χ3v) is 2.55. The summed E-state index contributed by atoms with van der Waals surface area (Å²) in [5, 5.41) is 11.6. The van der Waals surface area contributed by atoms with E-state index in [2.05, 4.69) is 5.32 Å². The van der Waals surface area contributed by atoms with E-state index in [1.807, 2.05) is 6.92 Å². The molecule has 0 aromatic carbocycles. The summed E-state index contributed by atoms with van der Waals surface area (Å²) in [5.74, 6) is 0.467. The monoisotopic (exact) mass is 201 g/mol. The number of carbonyl (C=O) groups is 1. The highest BCUT2D eigenvalue weighted by Gasteiger charge is 2.23. The summed E-state index contributed by atoms with van der Waals surface area (Å²) in [4.78, 5) is 11.5. The third-order valence-electron chi connectivity index (χ3n) is 2.55. The summed E-state index contributed by atoms with van der Waals surface area (Å²) in [6, 6.07) is 0. The van der Waals surface area contributed by atoms with E-state index in [4.69, 9.17) is 9.84 Å². The van der Waals surface area contributed by atoms with E-state index in [1.54, 1.807) is 0 Å². The summed E-state index contributed by atoms with van der Waals surface area (Å²) in [7, 11) is 0. The molecule has 4 nitrogen and oxygen atoms in total. The van der Waals surface area contributed by atoms with E-state index in [0.717, 1.165) is 12.8 Å². The number of aliphatic hydroxyl groups excluding tert-OH is 1. The van der Waals surface area contributed by atoms with Crippen molar-refractivity contribution in [2.24, 2.45) is 11.8 Å². The first kappa shape index (κ1) is 11.5. The van der Waals surface area contributed by atoms with Gasteiger partial charge in [0.15, 0.2) is 0 Å². The minimum atomic E-state index is 0.0383. The number of nitrogens with one attached hydrogen (secondary N) is 1. The smallest absolute Gasteiger partial charge is 0.225 e. The SMILES string of the molecule is CC(CCO)CNC(=O)C1CCOC1. The van der Waals surface area contributed by atoms with Crippen molar-refractivity contribution in [2.75, 3.05) is 26.4 Å². The van der Waals surface area contributed by atoms with Gasteiger partial charge in [0.25, 0.3) is 0 Å². The Labute approximate surface area is 84.6 Å². The second-order valence-corrected chi connectivity index (χ2v) is 3.92. The van der Waals surface area contributed by atoms with Gasteiger partial charge in [0.1, 0.15) is 0 Å². The molecule has 1 heterocycles. The van der Waals surface area contributed by atoms with Gasteiger partial charge in [-0.2, -0.15) is 0 Å². The number of hydrogen-bond donors (Lipinski definition) is 2. The van der Waals surface area contributed by atoms with Gasteiger partial charge < -0.3 is 15.2 Å². The zero-order valence-corrected chi connectivity index (χ0v) is 8.66. The highest BCUT2D eigenvalue weighted by molar-refractivity contribution is 5.78. The Morgan fingerprint density at radius 3 is 3.07 bits per heavy atom. The maximum atomic E-state index is 11.5. The Hall–Kier alpha value is -0.610. The Balaban J connectivity index is 2.13. The summed E-state index contributed by atoms with van der Waals surface area (Å²) in [6.45, 7) is 4.10. The molecule has 14 heavy (non-hydrogen) atoms. The van der Waals surface area contributed by atoms with E-state index < -0.39 is 0 Å². The van der Waals surface area contributed by atoms with Gasteiger partial charge >= 0.3 is 0 Å². The predicted molar refractivity (Wildman–Crippen MR) is 52.8 cm³/mol. The normalized spacial score (nSPS) is 23.4. The van der Waals surface area contributed by atoms with Crippen LogP contribution < -0.4 is 5.32 Å². The highest BCUT2D eigenvalue weighted by Crippen LogP contribution is 2.12. The topological polar surface area (TPSA) is 58.6 Å². The van der Waals surface area contributed by atoms with Crippen molar-refractivity contribution in [1.29, 1.82) is 0 Å². The van der Waals surface area contributed by atoms with Crippen molar-refractivity contribution < 1.29 is 14.6 Å². The first-order chi connectivity index (χ1) is 6.74. The molecule has 0 spiro atoms. The maximum Gasteiger partial charge on any atom is 0.225 e. The molecular formula is C10H19NO3. The minimum Gasteiger partial charge on any atom is -0.396 e. The van der Waals surface area contributed by atoms with E-state index in [9.17, 15) is 4.79 Å². The van der Waals surface area contributed by atoms with Crippen LogP contribution >= 0.6 is 0 Å². The van der Waals surface area contributed by atoms with Crippen molar-refractivity contribution in [3.8, 4) is 0 Å². The average Bonchev–Trinajstić information content (AvgIpc) is 2.67. The molecular weight excluding hydrogens is 182 g/mol. The second-order valence-electron chi connectivity index (χ2n) is 3.92. The fourth-order valence-corrected chi connectivity index (χ4v) is 1.48. The van der Waals surface area contributed by atoms with Crippen LogP contribution in [0.25, 0.3) is 0 Å². The zero-order valence-electron chi connectivity index (χ0n) is 8.66. The quantitative estimate of drug-likeness (QED) is 0.666. The van der Waals surface area contributed by atoms with Gasteiger partial charge in [-0.15, -0.1) is 0 Å². The lowest BCUT2D eigenvalue weighted by Crippen LogP contribution is -2.34. The molecule has 1 saturated heterocycles. The number of aliphatic hydroxyl groups is 1. The first-order valence-electron chi connectivity index (χ1n) is 5.20. The van der Waals surface area contributed by atoms with E-state index in [0.29, 0.717) is 25.7 Å². The summed E-state index contributed by atoms with van der Waals surface area (Å²) in [5.41, 5.74) is 0. The average molecular weight is 201 g/mol. The number of ether oxygens (including phenoxy) is 1. The van der Waals surface area contributed by atoms with Crippen molar-refractivity contribution in [3.63, 3.8) is 0 Å². The molecule has 2 N–H and O–H groups in total. The first-order valence-corrected chi connectivity index (χ1v) is 5.20. The van der Waals surface area contributed by atoms with E-state index in [-0.39, 0.29) is 18.4 Å². The number of hydrogen-bond acceptors (Lipinski definition) is 3. The molecule has 1 fully saturated rings. The van der Waals surface area contributed by atoms with Crippen LogP contribution in [0.3, 0.4) is 0 Å². The molecule has 0 saturated carbocycles. The molecule has 1 aliphatic heterocycles. The van der Waals surface area contributed by atoms with Gasteiger partial charge in [-0.25, -0.2) is 0 Å². The second kappa shape index (κ2) is 5.98. The Morgan fingerprint density at radius 2 is 2.50 bits per heavy atom. The van der Waals surface area contributed by atoms with Gasteiger partial charge in [0.2, 0.25) is 5.91 Å². The molecule has 0 aliphatic carbocycles. The van der Waals surface area contributed by atoms with Gasteiger partial charge in [0, 0.05) is 19.8 Å². The van der Waals surface area contributed by atoms with Crippen LogP contribution in [0, 0.1) is 11.8 Å². The molecule has 82 valence electrons. The molecule has 0 bridgehead atoms. The van der Waals surface area contributed by atoms with E-state index in [1.165, 1.54) is 0 Å². The Morgan fingerprint density at radius 1 is 1.71 bits per heavy atom. The molecule has 1 amide bonds. The van der Waals surface area contributed by atoms with Crippen LogP contribution in [0.15, 0.2) is 0 Å². The lowest BCUT2D eigenvalue weighted by Gasteiger charge is -2.13.